The van der Waals surface area contributed by atoms with Crippen LogP contribution < -0.4 is 21.3 Å². The summed E-state index contributed by atoms with van der Waals surface area (Å²) < 4.78 is 9.19. The summed E-state index contributed by atoms with van der Waals surface area (Å²) in [6.07, 6.45) is 0.713. The minimum atomic E-state index is -0.450. The summed E-state index contributed by atoms with van der Waals surface area (Å²) in [5.74, 6) is 0.829. The monoisotopic (exact) mass is 417 g/mol. The molecule has 9 nitrogen and oxygen atoms in total. The zero-order valence-electron chi connectivity index (χ0n) is 16.8. The summed E-state index contributed by atoms with van der Waals surface area (Å²) in [7, 11) is 6.35. The molecule has 1 N–H and O–H groups in total. The standard InChI is InChI=1S/C19H23N5O4S/c1-22-16-15(17(26)24(3)19(27)23(16)2)21-18(22)29-11-14(25)20-10-9-12-5-7-13(28-4)8-6-12/h5-8H,9-11H2,1-4H3,(H,20,25). The van der Waals surface area contributed by atoms with Crippen LogP contribution in [0.2, 0.25) is 0 Å². The number of hydrogen-bond donors (Lipinski definition) is 1. The summed E-state index contributed by atoms with van der Waals surface area (Å²) >= 11 is 1.22. The highest BCUT2D eigenvalue weighted by Gasteiger charge is 2.17. The molecule has 0 bridgehead atoms. The van der Waals surface area contributed by atoms with Crippen LogP contribution in [0.4, 0.5) is 0 Å². The molecule has 0 aliphatic rings. The first-order valence-corrected chi connectivity index (χ1v) is 9.97. The first-order chi connectivity index (χ1) is 13.8. The Morgan fingerprint density at radius 2 is 1.79 bits per heavy atom. The van der Waals surface area contributed by atoms with E-state index in [1.54, 1.807) is 25.8 Å². The molecule has 0 aliphatic heterocycles. The Hall–Kier alpha value is -3.01. The van der Waals surface area contributed by atoms with Crippen molar-refractivity contribution in [3.63, 3.8) is 0 Å². The number of ether oxygens (including phenoxy) is 1. The van der Waals surface area contributed by atoms with Gasteiger partial charge in [0.25, 0.3) is 5.56 Å². The zero-order valence-corrected chi connectivity index (χ0v) is 17.6. The Bertz CT molecular complexity index is 1160. The number of methoxy groups -OCH3 is 1. The van der Waals surface area contributed by atoms with E-state index in [-0.39, 0.29) is 17.2 Å². The van der Waals surface area contributed by atoms with Crippen LogP contribution in [-0.2, 0) is 32.4 Å². The molecule has 0 radical (unpaired) electrons. The third-order valence-electron chi connectivity index (χ3n) is 4.65. The number of aryl methyl sites for hydroxylation is 2. The Morgan fingerprint density at radius 1 is 1.10 bits per heavy atom. The van der Waals surface area contributed by atoms with Gasteiger partial charge in [-0.15, -0.1) is 0 Å². The van der Waals surface area contributed by atoms with Crippen molar-refractivity contribution in [3.05, 3.63) is 50.7 Å². The molecule has 1 aromatic carbocycles. The third-order valence-corrected chi connectivity index (χ3v) is 5.68. The number of nitrogens with zero attached hydrogens (tertiary/aromatic N) is 4. The molecule has 0 unspecified atom stereocenters. The van der Waals surface area contributed by atoms with E-state index < -0.39 is 11.2 Å². The maximum Gasteiger partial charge on any atom is 0.332 e. The van der Waals surface area contributed by atoms with Crippen molar-refractivity contribution in [3.8, 4) is 5.75 Å². The first kappa shape index (κ1) is 20.7. The number of rotatable bonds is 7. The van der Waals surface area contributed by atoms with Crippen LogP contribution in [0.15, 0.2) is 39.0 Å². The van der Waals surface area contributed by atoms with Crippen molar-refractivity contribution in [1.82, 2.24) is 24.0 Å². The highest BCUT2D eigenvalue weighted by Crippen LogP contribution is 2.20. The molecule has 3 aromatic rings. The lowest BCUT2D eigenvalue weighted by molar-refractivity contribution is -0.118. The Labute approximate surface area is 171 Å². The lowest BCUT2D eigenvalue weighted by Crippen LogP contribution is -2.37. The van der Waals surface area contributed by atoms with Gasteiger partial charge in [0.15, 0.2) is 16.3 Å². The van der Waals surface area contributed by atoms with Crippen molar-refractivity contribution >= 4 is 28.8 Å². The van der Waals surface area contributed by atoms with E-state index in [2.05, 4.69) is 10.3 Å². The number of nitrogens with one attached hydrogen (secondary N) is 1. The minimum absolute atomic E-state index is 0.127. The number of amides is 1. The van der Waals surface area contributed by atoms with Crippen molar-refractivity contribution in [2.24, 2.45) is 21.1 Å². The number of carbonyl (C=O) groups excluding carboxylic acids is 1. The van der Waals surface area contributed by atoms with E-state index in [0.717, 1.165) is 15.9 Å². The predicted octanol–water partition coefficient (Wildman–Crippen LogP) is 0.430. The second-order valence-electron chi connectivity index (χ2n) is 6.57. The van der Waals surface area contributed by atoms with E-state index >= 15 is 0 Å². The van der Waals surface area contributed by atoms with Gasteiger partial charge in [0.1, 0.15) is 5.75 Å². The van der Waals surface area contributed by atoms with Crippen LogP contribution in [0.5, 0.6) is 5.75 Å². The van der Waals surface area contributed by atoms with Crippen molar-refractivity contribution < 1.29 is 9.53 Å². The first-order valence-electron chi connectivity index (χ1n) is 8.98. The summed E-state index contributed by atoms with van der Waals surface area (Å²) in [5, 5.41) is 3.38. The van der Waals surface area contributed by atoms with Gasteiger partial charge in [-0.25, -0.2) is 9.78 Å². The highest BCUT2D eigenvalue weighted by atomic mass is 32.2. The molecule has 2 aromatic heterocycles. The molecule has 0 saturated heterocycles. The van der Waals surface area contributed by atoms with Crippen LogP contribution in [0.1, 0.15) is 5.56 Å². The fourth-order valence-electron chi connectivity index (χ4n) is 3.01. The summed E-state index contributed by atoms with van der Waals surface area (Å²) in [4.78, 5) is 40.9. The van der Waals surface area contributed by atoms with Gasteiger partial charge in [-0.2, -0.15) is 0 Å². The van der Waals surface area contributed by atoms with Crippen molar-refractivity contribution in [1.29, 1.82) is 0 Å². The molecule has 0 atom stereocenters. The Kier molecular flexibility index (Phi) is 6.12. The van der Waals surface area contributed by atoms with Gasteiger partial charge < -0.3 is 14.6 Å². The molecule has 0 aliphatic carbocycles. The van der Waals surface area contributed by atoms with Crippen molar-refractivity contribution in [2.45, 2.75) is 11.6 Å². The van der Waals surface area contributed by atoms with Gasteiger partial charge >= 0.3 is 5.69 Å². The van der Waals surface area contributed by atoms with Gasteiger partial charge in [-0.3, -0.25) is 18.7 Å². The largest absolute Gasteiger partial charge is 0.497 e. The lowest BCUT2D eigenvalue weighted by atomic mass is 10.1. The van der Waals surface area contributed by atoms with Gasteiger partial charge in [-0.1, -0.05) is 23.9 Å². The van der Waals surface area contributed by atoms with E-state index in [4.69, 9.17) is 4.74 Å². The normalized spacial score (nSPS) is 11.0. The van der Waals surface area contributed by atoms with Crippen LogP contribution in [-0.4, -0.2) is 44.0 Å². The van der Waals surface area contributed by atoms with Gasteiger partial charge in [0.2, 0.25) is 5.91 Å². The minimum Gasteiger partial charge on any atom is -0.497 e. The molecular formula is C19H23N5O4S. The highest BCUT2D eigenvalue weighted by molar-refractivity contribution is 7.99. The number of benzene rings is 1. The van der Waals surface area contributed by atoms with Gasteiger partial charge in [0.05, 0.1) is 12.9 Å². The molecule has 2 heterocycles. The maximum absolute atomic E-state index is 12.3. The van der Waals surface area contributed by atoms with Crippen LogP contribution in [0, 0.1) is 0 Å². The molecule has 0 fully saturated rings. The van der Waals surface area contributed by atoms with Crippen LogP contribution >= 0.6 is 11.8 Å². The molecule has 3 rings (SSSR count). The number of fused-ring (bicyclic) bond motifs is 1. The summed E-state index contributed by atoms with van der Waals surface area (Å²) in [6, 6.07) is 7.70. The molecular weight excluding hydrogens is 394 g/mol. The molecule has 0 saturated carbocycles. The average molecular weight is 417 g/mol. The SMILES string of the molecule is COc1ccc(CCNC(=O)CSc2nc3c(=O)n(C)c(=O)n(C)c3n2C)cc1. The van der Waals surface area contributed by atoms with E-state index in [1.165, 1.54) is 23.4 Å². The third kappa shape index (κ3) is 4.21. The predicted molar refractivity (Wildman–Crippen MR) is 112 cm³/mol. The topological polar surface area (TPSA) is 100 Å². The number of imidazole rings is 1. The maximum atomic E-state index is 12.3. The molecule has 154 valence electrons. The van der Waals surface area contributed by atoms with E-state index in [1.807, 2.05) is 24.3 Å². The number of carbonyl (C=O) groups is 1. The Balaban J connectivity index is 1.61. The van der Waals surface area contributed by atoms with Crippen molar-refractivity contribution in [2.75, 3.05) is 19.4 Å². The lowest BCUT2D eigenvalue weighted by Gasteiger charge is -2.07. The molecule has 29 heavy (non-hydrogen) atoms. The fourth-order valence-corrected chi connectivity index (χ4v) is 3.81. The molecule has 10 heteroatoms. The van der Waals surface area contributed by atoms with E-state index in [9.17, 15) is 14.4 Å². The van der Waals surface area contributed by atoms with Crippen LogP contribution in [0.25, 0.3) is 11.2 Å². The zero-order chi connectivity index (χ0) is 21.1. The quantitative estimate of drug-likeness (QED) is 0.560. The van der Waals surface area contributed by atoms with Gasteiger partial charge in [0, 0.05) is 27.7 Å². The summed E-state index contributed by atoms with van der Waals surface area (Å²) in [6.45, 7) is 0.517. The molecule has 0 spiro atoms. The second-order valence-corrected chi connectivity index (χ2v) is 7.51. The average Bonchev–Trinajstić information content (AvgIpc) is 3.06. The summed E-state index contributed by atoms with van der Waals surface area (Å²) in [5.41, 5.74) is 0.874. The van der Waals surface area contributed by atoms with Crippen LogP contribution in [0.3, 0.4) is 0 Å². The number of thioether (sulfide) groups is 1. The Morgan fingerprint density at radius 3 is 2.45 bits per heavy atom. The van der Waals surface area contributed by atoms with E-state index in [0.29, 0.717) is 23.8 Å². The number of aromatic nitrogens is 4. The second kappa shape index (κ2) is 8.56. The van der Waals surface area contributed by atoms with Gasteiger partial charge in [-0.05, 0) is 24.1 Å². The number of hydrogen-bond acceptors (Lipinski definition) is 6. The smallest absolute Gasteiger partial charge is 0.332 e. The molecule has 1 amide bonds. The fraction of sp³-hybridized carbons (Fsp3) is 0.368.